The van der Waals surface area contributed by atoms with Gasteiger partial charge < -0.3 is 11.1 Å². The summed E-state index contributed by atoms with van der Waals surface area (Å²) in [6.45, 7) is 3.82. The molecule has 0 amide bonds. The molecule has 2 rings (SSSR count). The van der Waals surface area contributed by atoms with Crippen molar-refractivity contribution in [1.29, 1.82) is 0 Å². The van der Waals surface area contributed by atoms with Gasteiger partial charge in [-0.2, -0.15) is 0 Å². The third kappa shape index (κ3) is 2.56. The molecule has 0 radical (unpaired) electrons. The lowest BCUT2D eigenvalue weighted by Gasteiger charge is -2.11. The number of para-hydroxylation sites is 1. The average molecular weight is 230 g/mol. The van der Waals surface area contributed by atoms with Crippen molar-refractivity contribution < 1.29 is 4.39 Å². The summed E-state index contributed by atoms with van der Waals surface area (Å²) >= 11 is 0. The Kier molecular flexibility index (Phi) is 3.00. The van der Waals surface area contributed by atoms with E-state index in [0.29, 0.717) is 11.4 Å². The van der Waals surface area contributed by atoms with Crippen LogP contribution in [0.25, 0.3) is 0 Å². The van der Waals surface area contributed by atoms with Gasteiger partial charge in [-0.05, 0) is 49.2 Å². The van der Waals surface area contributed by atoms with Crippen LogP contribution in [0, 0.1) is 19.7 Å². The average Bonchev–Trinajstić information content (AvgIpc) is 2.22. The van der Waals surface area contributed by atoms with Gasteiger partial charge in [0.15, 0.2) is 0 Å². The predicted octanol–water partition coefficient (Wildman–Crippen LogP) is 3.77. The largest absolute Gasteiger partial charge is 0.399 e. The Hall–Kier alpha value is -2.03. The third-order valence-corrected chi connectivity index (χ3v) is 2.59. The first-order valence-electron chi connectivity index (χ1n) is 5.45. The maximum atomic E-state index is 13.6. The highest BCUT2D eigenvalue weighted by atomic mass is 19.1. The summed E-state index contributed by atoms with van der Waals surface area (Å²) in [6.07, 6.45) is 0. The molecule has 0 unspecified atom stereocenters. The summed E-state index contributed by atoms with van der Waals surface area (Å²) in [5.74, 6) is -0.259. The molecule has 0 saturated heterocycles. The highest BCUT2D eigenvalue weighted by Gasteiger charge is 2.05. The third-order valence-electron chi connectivity index (χ3n) is 2.59. The molecule has 3 N–H and O–H groups in total. The number of nitrogens with two attached hydrogens (primary N) is 1. The molecule has 0 bridgehead atoms. The zero-order valence-electron chi connectivity index (χ0n) is 9.92. The second-order valence-corrected chi connectivity index (χ2v) is 4.19. The van der Waals surface area contributed by atoms with Crippen LogP contribution in [0.1, 0.15) is 11.1 Å². The van der Waals surface area contributed by atoms with E-state index < -0.39 is 0 Å². The standard InChI is InChI=1S/C14H15FN2/c1-9-6-11(16)8-12(7-9)17-14-10(2)4-3-5-13(14)15/h3-8,17H,16H2,1-2H3. The summed E-state index contributed by atoms with van der Waals surface area (Å²) in [4.78, 5) is 0. The number of hydrogen-bond donors (Lipinski definition) is 2. The monoisotopic (exact) mass is 230 g/mol. The Morgan fingerprint density at radius 3 is 2.53 bits per heavy atom. The molecule has 0 fully saturated rings. The second-order valence-electron chi connectivity index (χ2n) is 4.19. The summed E-state index contributed by atoms with van der Waals surface area (Å²) in [6, 6.07) is 10.6. The predicted molar refractivity (Wildman–Crippen MR) is 70.0 cm³/mol. The maximum Gasteiger partial charge on any atom is 0.146 e. The normalized spacial score (nSPS) is 10.3. The molecule has 0 heterocycles. The second kappa shape index (κ2) is 4.45. The van der Waals surface area contributed by atoms with Gasteiger partial charge in [0, 0.05) is 11.4 Å². The number of rotatable bonds is 2. The Bertz CT molecular complexity index is 509. The smallest absolute Gasteiger partial charge is 0.146 e. The minimum absolute atomic E-state index is 0.259. The Morgan fingerprint density at radius 2 is 1.88 bits per heavy atom. The van der Waals surface area contributed by atoms with Crippen molar-refractivity contribution >= 4 is 17.1 Å². The van der Waals surface area contributed by atoms with E-state index in [1.807, 2.05) is 32.0 Å². The lowest BCUT2D eigenvalue weighted by molar-refractivity contribution is 0.631. The van der Waals surface area contributed by atoms with Crippen molar-refractivity contribution in [2.75, 3.05) is 11.1 Å². The van der Waals surface area contributed by atoms with E-state index in [1.165, 1.54) is 6.07 Å². The number of benzene rings is 2. The van der Waals surface area contributed by atoms with E-state index in [1.54, 1.807) is 12.1 Å². The molecule has 88 valence electrons. The number of nitrogen functional groups attached to an aromatic ring is 1. The van der Waals surface area contributed by atoms with Gasteiger partial charge in [0.05, 0.1) is 5.69 Å². The van der Waals surface area contributed by atoms with Gasteiger partial charge in [0.25, 0.3) is 0 Å². The lowest BCUT2D eigenvalue weighted by Crippen LogP contribution is -1.98. The zero-order chi connectivity index (χ0) is 12.4. The van der Waals surface area contributed by atoms with Gasteiger partial charge in [-0.3, -0.25) is 0 Å². The number of nitrogens with one attached hydrogen (secondary N) is 1. The number of aryl methyl sites for hydroxylation is 2. The van der Waals surface area contributed by atoms with Gasteiger partial charge in [-0.25, -0.2) is 4.39 Å². The molecule has 0 aromatic heterocycles. The van der Waals surface area contributed by atoms with Crippen LogP contribution in [0.3, 0.4) is 0 Å². The first kappa shape index (κ1) is 11.5. The van der Waals surface area contributed by atoms with E-state index in [-0.39, 0.29) is 5.82 Å². The van der Waals surface area contributed by atoms with Crippen molar-refractivity contribution in [3.63, 3.8) is 0 Å². The van der Waals surface area contributed by atoms with Crippen LogP contribution < -0.4 is 11.1 Å². The van der Waals surface area contributed by atoms with Gasteiger partial charge in [-0.15, -0.1) is 0 Å². The molecule has 2 nitrogen and oxygen atoms in total. The molecule has 3 heteroatoms. The maximum absolute atomic E-state index is 13.6. The van der Waals surface area contributed by atoms with Crippen LogP contribution in [0.5, 0.6) is 0 Å². The fourth-order valence-corrected chi connectivity index (χ4v) is 1.82. The molecular formula is C14H15FN2. The van der Waals surface area contributed by atoms with Crippen LogP contribution in [-0.2, 0) is 0 Å². The minimum atomic E-state index is -0.259. The first-order valence-corrected chi connectivity index (χ1v) is 5.45. The first-order chi connectivity index (χ1) is 8.06. The Morgan fingerprint density at radius 1 is 1.12 bits per heavy atom. The summed E-state index contributed by atoms with van der Waals surface area (Å²) < 4.78 is 13.6. The fraction of sp³-hybridized carbons (Fsp3) is 0.143. The topological polar surface area (TPSA) is 38.0 Å². The zero-order valence-corrected chi connectivity index (χ0v) is 9.92. The molecular weight excluding hydrogens is 215 g/mol. The number of hydrogen-bond acceptors (Lipinski definition) is 2. The lowest BCUT2D eigenvalue weighted by atomic mass is 10.1. The van der Waals surface area contributed by atoms with Crippen LogP contribution in [-0.4, -0.2) is 0 Å². The summed E-state index contributed by atoms with van der Waals surface area (Å²) in [5.41, 5.74) is 9.63. The van der Waals surface area contributed by atoms with Gasteiger partial charge in [0.2, 0.25) is 0 Å². The van der Waals surface area contributed by atoms with E-state index in [4.69, 9.17) is 5.73 Å². The highest BCUT2D eigenvalue weighted by molar-refractivity contribution is 5.67. The highest BCUT2D eigenvalue weighted by Crippen LogP contribution is 2.25. The quantitative estimate of drug-likeness (QED) is 0.771. The summed E-state index contributed by atoms with van der Waals surface area (Å²) in [5, 5.41) is 3.07. The molecule has 2 aromatic rings. The van der Waals surface area contributed by atoms with E-state index in [9.17, 15) is 4.39 Å². The van der Waals surface area contributed by atoms with Gasteiger partial charge >= 0.3 is 0 Å². The molecule has 17 heavy (non-hydrogen) atoms. The number of anilines is 3. The van der Waals surface area contributed by atoms with Crippen LogP contribution in [0.2, 0.25) is 0 Å². The molecule has 2 aromatic carbocycles. The van der Waals surface area contributed by atoms with Crippen LogP contribution >= 0.6 is 0 Å². The van der Waals surface area contributed by atoms with Crippen molar-refractivity contribution in [2.24, 2.45) is 0 Å². The Balaban J connectivity index is 2.38. The molecule has 0 aliphatic carbocycles. The molecule has 0 saturated carbocycles. The van der Waals surface area contributed by atoms with Crippen molar-refractivity contribution in [2.45, 2.75) is 13.8 Å². The van der Waals surface area contributed by atoms with E-state index in [2.05, 4.69) is 5.32 Å². The number of halogens is 1. The molecule has 0 aliphatic rings. The van der Waals surface area contributed by atoms with Gasteiger partial charge in [-0.1, -0.05) is 12.1 Å². The van der Waals surface area contributed by atoms with Crippen LogP contribution in [0.15, 0.2) is 36.4 Å². The van der Waals surface area contributed by atoms with Crippen LogP contribution in [0.4, 0.5) is 21.5 Å². The SMILES string of the molecule is Cc1cc(N)cc(Nc2c(C)cccc2F)c1. The molecule has 0 spiro atoms. The van der Waals surface area contributed by atoms with E-state index >= 15 is 0 Å². The molecule has 0 aliphatic heterocycles. The molecule has 0 atom stereocenters. The van der Waals surface area contributed by atoms with Crippen molar-refractivity contribution in [3.05, 3.63) is 53.3 Å². The fourth-order valence-electron chi connectivity index (χ4n) is 1.82. The summed E-state index contributed by atoms with van der Waals surface area (Å²) in [7, 11) is 0. The van der Waals surface area contributed by atoms with Gasteiger partial charge in [0.1, 0.15) is 5.82 Å². The van der Waals surface area contributed by atoms with Crippen molar-refractivity contribution in [3.8, 4) is 0 Å². The van der Waals surface area contributed by atoms with Crippen molar-refractivity contribution in [1.82, 2.24) is 0 Å². The minimum Gasteiger partial charge on any atom is -0.399 e. The Labute approximate surface area is 100 Å². The van der Waals surface area contributed by atoms with E-state index in [0.717, 1.165) is 16.8 Å².